The van der Waals surface area contributed by atoms with Crippen molar-refractivity contribution in [2.75, 3.05) is 13.7 Å². The van der Waals surface area contributed by atoms with Crippen LogP contribution in [0.2, 0.25) is 0 Å². The van der Waals surface area contributed by atoms with Crippen molar-refractivity contribution in [3.8, 4) is 0 Å². The normalized spacial score (nSPS) is 13.0. The van der Waals surface area contributed by atoms with Crippen molar-refractivity contribution in [3.63, 3.8) is 0 Å². The van der Waals surface area contributed by atoms with Crippen molar-refractivity contribution in [1.82, 2.24) is 15.0 Å². The fourth-order valence-corrected chi connectivity index (χ4v) is 1.42. The van der Waals surface area contributed by atoms with E-state index in [9.17, 15) is 13.6 Å². The van der Waals surface area contributed by atoms with Crippen LogP contribution in [0.4, 0.5) is 8.78 Å². The van der Waals surface area contributed by atoms with Gasteiger partial charge in [0.15, 0.2) is 5.69 Å². The van der Waals surface area contributed by atoms with E-state index in [2.05, 4.69) is 10.3 Å². The molecule has 0 aromatic carbocycles. The van der Waals surface area contributed by atoms with Gasteiger partial charge in [0.1, 0.15) is 5.69 Å². The summed E-state index contributed by atoms with van der Waals surface area (Å²) in [7, 11) is 1.51. The molecule has 17 heavy (non-hydrogen) atoms. The SMILES string of the molecule is COCCC(C)n1nnc(C(N)=O)c1C(F)F. The summed E-state index contributed by atoms with van der Waals surface area (Å²) in [5.41, 5.74) is 3.93. The van der Waals surface area contributed by atoms with Crippen LogP contribution >= 0.6 is 0 Å². The van der Waals surface area contributed by atoms with Crippen LogP contribution in [0.25, 0.3) is 0 Å². The van der Waals surface area contributed by atoms with E-state index < -0.39 is 23.7 Å². The third-order valence-corrected chi connectivity index (χ3v) is 2.33. The number of hydrogen-bond donors (Lipinski definition) is 1. The first-order valence-electron chi connectivity index (χ1n) is 5.01. The lowest BCUT2D eigenvalue weighted by Gasteiger charge is -2.13. The molecular formula is C9H14F2N4O2. The van der Waals surface area contributed by atoms with Gasteiger partial charge < -0.3 is 10.5 Å². The smallest absolute Gasteiger partial charge is 0.282 e. The molecule has 0 aliphatic rings. The number of methoxy groups -OCH3 is 1. The Hall–Kier alpha value is -1.57. The molecular weight excluding hydrogens is 234 g/mol. The lowest BCUT2D eigenvalue weighted by atomic mass is 10.2. The van der Waals surface area contributed by atoms with Crippen LogP contribution in [0.5, 0.6) is 0 Å². The van der Waals surface area contributed by atoms with Crippen LogP contribution in [0.15, 0.2) is 0 Å². The largest absolute Gasteiger partial charge is 0.385 e. The quantitative estimate of drug-likeness (QED) is 0.811. The molecule has 1 aromatic heterocycles. The fourth-order valence-electron chi connectivity index (χ4n) is 1.42. The fraction of sp³-hybridized carbons (Fsp3) is 0.667. The number of nitrogens with zero attached hydrogens (tertiary/aromatic N) is 3. The standard InChI is InChI=1S/C9H14F2N4O2/c1-5(3-4-17-2)15-7(8(10)11)6(9(12)16)13-14-15/h5,8H,3-4H2,1-2H3,(H2,12,16). The average Bonchev–Trinajstić information content (AvgIpc) is 2.70. The van der Waals surface area contributed by atoms with E-state index >= 15 is 0 Å². The van der Waals surface area contributed by atoms with Crippen molar-refractivity contribution in [2.24, 2.45) is 5.73 Å². The Labute approximate surface area is 96.7 Å². The number of halogens is 2. The summed E-state index contributed by atoms with van der Waals surface area (Å²) in [6.07, 6.45) is -2.37. The number of rotatable bonds is 6. The molecule has 0 spiro atoms. The van der Waals surface area contributed by atoms with Crippen LogP contribution in [-0.2, 0) is 4.74 Å². The zero-order valence-corrected chi connectivity index (χ0v) is 9.56. The van der Waals surface area contributed by atoms with Gasteiger partial charge in [-0.05, 0) is 13.3 Å². The molecule has 2 N–H and O–H groups in total. The van der Waals surface area contributed by atoms with Gasteiger partial charge in [-0.25, -0.2) is 13.5 Å². The molecule has 0 saturated carbocycles. The summed E-state index contributed by atoms with van der Waals surface area (Å²) in [5.74, 6) is -1.01. The van der Waals surface area contributed by atoms with Crippen molar-refractivity contribution < 1.29 is 18.3 Å². The van der Waals surface area contributed by atoms with Crippen LogP contribution in [0.3, 0.4) is 0 Å². The number of carbonyl (C=O) groups is 1. The van der Waals surface area contributed by atoms with E-state index in [1.165, 1.54) is 7.11 Å². The van der Waals surface area contributed by atoms with Gasteiger partial charge in [-0.1, -0.05) is 5.21 Å². The molecule has 1 rings (SSSR count). The number of hydrogen-bond acceptors (Lipinski definition) is 4. The van der Waals surface area contributed by atoms with Gasteiger partial charge in [0.2, 0.25) is 0 Å². The highest BCUT2D eigenvalue weighted by atomic mass is 19.3. The van der Waals surface area contributed by atoms with E-state index in [4.69, 9.17) is 10.5 Å². The van der Waals surface area contributed by atoms with E-state index in [0.717, 1.165) is 4.68 Å². The Kier molecular flexibility index (Phi) is 4.50. The summed E-state index contributed by atoms with van der Waals surface area (Å²) in [4.78, 5) is 10.9. The van der Waals surface area contributed by atoms with E-state index in [1.54, 1.807) is 6.92 Å². The highest BCUT2D eigenvalue weighted by Gasteiger charge is 2.27. The van der Waals surface area contributed by atoms with Crippen molar-refractivity contribution >= 4 is 5.91 Å². The Morgan fingerprint density at radius 2 is 2.24 bits per heavy atom. The number of nitrogens with two attached hydrogens (primary N) is 1. The molecule has 1 heterocycles. The molecule has 96 valence electrons. The third kappa shape index (κ3) is 2.96. The second-order valence-corrected chi connectivity index (χ2v) is 3.56. The molecule has 0 aliphatic heterocycles. The highest BCUT2D eigenvalue weighted by molar-refractivity contribution is 5.91. The van der Waals surface area contributed by atoms with Gasteiger partial charge in [0.25, 0.3) is 12.3 Å². The van der Waals surface area contributed by atoms with Crippen molar-refractivity contribution in [3.05, 3.63) is 11.4 Å². The molecule has 1 unspecified atom stereocenters. The monoisotopic (exact) mass is 248 g/mol. The molecule has 6 nitrogen and oxygen atoms in total. The van der Waals surface area contributed by atoms with Gasteiger partial charge in [0, 0.05) is 13.7 Å². The minimum absolute atomic E-state index is 0.348. The Morgan fingerprint density at radius 3 is 2.71 bits per heavy atom. The topological polar surface area (TPSA) is 83.0 Å². The summed E-state index contributed by atoms with van der Waals surface area (Å²) < 4.78 is 31.5. The minimum atomic E-state index is -2.85. The molecule has 8 heteroatoms. The molecule has 0 radical (unpaired) electrons. The van der Waals surface area contributed by atoms with E-state index in [1.807, 2.05) is 0 Å². The average molecular weight is 248 g/mol. The summed E-state index contributed by atoms with van der Waals surface area (Å²) >= 11 is 0. The molecule has 1 atom stereocenters. The number of ether oxygens (including phenoxy) is 1. The van der Waals surface area contributed by atoms with E-state index in [0.29, 0.717) is 13.0 Å². The second-order valence-electron chi connectivity index (χ2n) is 3.56. The predicted octanol–water partition coefficient (Wildman–Crippen LogP) is 0.912. The lowest BCUT2D eigenvalue weighted by molar-refractivity contribution is 0.0974. The minimum Gasteiger partial charge on any atom is -0.385 e. The van der Waals surface area contributed by atoms with Crippen molar-refractivity contribution in [1.29, 1.82) is 0 Å². The maximum Gasteiger partial charge on any atom is 0.282 e. The van der Waals surface area contributed by atoms with Gasteiger partial charge >= 0.3 is 0 Å². The first kappa shape index (κ1) is 13.5. The number of aromatic nitrogens is 3. The Morgan fingerprint density at radius 1 is 1.59 bits per heavy atom. The molecule has 1 aromatic rings. The number of amides is 1. The zero-order valence-electron chi connectivity index (χ0n) is 9.56. The van der Waals surface area contributed by atoms with Gasteiger partial charge in [-0.15, -0.1) is 5.10 Å². The summed E-state index contributed by atoms with van der Waals surface area (Å²) in [6, 6.07) is -0.348. The Bertz CT molecular complexity index is 394. The summed E-state index contributed by atoms with van der Waals surface area (Å²) in [5, 5.41) is 6.93. The van der Waals surface area contributed by atoms with E-state index in [-0.39, 0.29) is 6.04 Å². The number of alkyl halides is 2. The van der Waals surface area contributed by atoms with Crippen LogP contribution in [0, 0.1) is 0 Å². The first-order chi connectivity index (χ1) is 7.99. The van der Waals surface area contributed by atoms with Gasteiger partial charge in [-0.3, -0.25) is 4.79 Å². The summed E-state index contributed by atoms with van der Waals surface area (Å²) in [6.45, 7) is 2.08. The third-order valence-electron chi connectivity index (χ3n) is 2.33. The van der Waals surface area contributed by atoms with Crippen LogP contribution < -0.4 is 5.73 Å². The maximum absolute atomic E-state index is 12.8. The molecule has 0 saturated heterocycles. The number of carbonyl (C=O) groups excluding carboxylic acids is 1. The lowest BCUT2D eigenvalue weighted by Crippen LogP contribution is -2.17. The van der Waals surface area contributed by atoms with Crippen LogP contribution in [0.1, 0.15) is 42.0 Å². The van der Waals surface area contributed by atoms with Crippen molar-refractivity contribution in [2.45, 2.75) is 25.8 Å². The van der Waals surface area contributed by atoms with Gasteiger partial charge in [0.05, 0.1) is 6.04 Å². The Balaban J connectivity index is 3.03. The first-order valence-corrected chi connectivity index (χ1v) is 5.01. The second kappa shape index (κ2) is 5.67. The molecule has 0 bridgehead atoms. The number of primary amides is 1. The zero-order chi connectivity index (χ0) is 13.0. The molecule has 0 aliphatic carbocycles. The highest BCUT2D eigenvalue weighted by Crippen LogP contribution is 2.25. The van der Waals surface area contributed by atoms with Gasteiger partial charge in [-0.2, -0.15) is 0 Å². The van der Waals surface area contributed by atoms with Crippen LogP contribution in [-0.4, -0.2) is 34.6 Å². The molecule has 1 amide bonds. The maximum atomic E-state index is 12.8. The molecule has 0 fully saturated rings. The predicted molar refractivity (Wildman–Crippen MR) is 54.7 cm³/mol.